The maximum absolute atomic E-state index is 13.9. The number of aryl methyl sites for hydroxylation is 3. The van der Waals surface area contributed by atoms with Crippen LogP contribution in [0.15, 0.2) is 66.7 Å². The van der Waals surface area contributed by atoms with E-state index in [2.05, 4.69) is 11.4 Å². The number of benzene rings is 3. The summed E-state index contributed by atoms with van der Waals surface area (Å²) < 4.78 is 6.11. The third-order valence-electron chi connectivity index (χ3n) is 7.81. The lowest BCUT2D eigenvalue weighted by Gasteiger charge is -2.33. The van der Waals surface area contributed by atoms with Crippen molar-refractivity contribution < 1.29 is 14.3 Å². The second-order valence-corrected chi connectivity index (χ2v) is 11.0. The van der Waals surface area contributed by atoms with Gasteiger partial charge in [0.25, 0.3) is 5.91 Å². The van der Waals surface area contributed by atoms with Gasteiger partial charge in [0.05, 0.1) is 0 Å². The van der Waals surface area contributed by atoms with Crippen LogP contribution in [0.25, 0.3) is 0 Å². The van der Waals surface area contributed by atoms with Gasteiger partial charge in [0.15, 0.2) is 6.61 Å². The number of amides is 2. The fraction of sp³-hybridized carbons (Fsp3) is 0.412. The number of hydrogen-bond donors (Lipinski definition) is 1. The molecule has 0 unspecified atom stereocenters. The average molecular weight is 527 g/mol. The smallest absolute Gasteiger partial charge is 0.261 e. The number of nitrogens with zero attached hydrogens (tertiary/aromatic N) is 1. The second-order valence-electron chi connectivity index (χ2n) is 11.0. The first-order valence-electron chi connectivity index (χ1n) is 14.2. The van der Waals surface area contributed by atoms with Crippen molar-refractivity contribution in [1.82, 2.24) is 10.2 Å². The van der Waals surface area contributed by atoms with Crippen molar-refractivity contribution in [2.45, 2.75) is 84.8 Å². The molecular formula is C34H42N2O3. The van der Waals surface area contributed by atoms with E-state index in [1.807, 2.05) is 88.4 Å². The van der Waals surface area contributed by atoms with E-state index in [-0.39, 0.29) is 24.5 Å². The molecule has 5 heteroatoms. The number of carbonyl (C=O) groups is 2. The molecule has 0 aliphatic heterocycles. The summed E-state index contributed by atoms with van der Waals surface area (Å²) in [6.45, 7) is 8.33. The van der Waals surface area contributed by atoms with E-state index in [0.29, 0.717) is 18.7 Å². The van der Waals surface area contributed by atoms with Crippen LogP contribution in [0.3, 0.4) is 0 Å². The topological polar surface area (TPSA) is 58.6 Å². The summed E-state index contributed by atoms with van der Waals surface area (Å²) in [5.74, 6) is 0.421. The zero-order valence-corrected chi connectivity index (χ0v) is 23.8. The van der Waals surface area contributed by atoms with Gasteiger partial charge in [0.2, 0.25) is 5.91 Å². The van der Waals surface area contributed by atoms with Gasteiger partial charge in [-0.05, 0) is 74.4 Å². The Kier molecular flexibility index (Phi) is 9.80. The fourth-order valence-electron chi connectivity index (χ4n) is 5.36. The highest BCUT2D eigenvalue weighted by atomic mass is 16.5. The standard InChI is InChI=1S/C34H42N2O3/c1-24-15-17-29(18-16-24)22-36(33(37)23-39-32-20-25(2)19-26(3)27(32)4)31(21-28-11-7-5-8-12-28)34(38)35-30-13-9-6-10-14-30/h5,7-8,11-12,15-20,30-31H,6,9-10,13-14,21-23H2,1-4H3,(H,35,38)/t31-/m0/s1. The molecule has 4 rings (SSSR count). The molecule has 1 fully saturated rings. The molecule has 1 aliphatic carbocycles. The van der Waals surface area contributed by atoms with E-state index in [1.165, 1.54) is 6.42 Å². The van der Waals surface area contributed by atoms with Crippen LogP contribution in [0.1, 0.15) is 65.5 Å². The molecule has 3 aromatic carbocycles. The first-order chi connectivity index (χ1) is 18.8. The molecule has 0 bridgehead atoms. The van der Waals surface area contributed by atoms with Crippen LogP contribution in [-0.4, -0.2) is 35.4 Å². The van der Waals surface area contributed by atoms with Gasteiger partial charge in [0, 0.05) is 19.0 Å². The maximum atomic E-state index is 13.9. The summed E-state index contributed by atoms with van der Waals surface area (Å²) in [7, 11) is 0. The zero-order valence-electron chi connectivity index (χ0n) is 23.8. The van der Waals surface area contributed by atoms with Crippen molar-refractivity contribution in [3.8, 4) is 5.75 Å². The zero-order chi connectivity index (χ0) is 27.8. The molecular weight excluding hydrogens is 484 g/mol. The van der Waals surface area contributed by atoms with Crippen LogP contribution >= 0.6 is 0 Å². The molecule has 1 aliphatic rings. The lowest BCUT2D eigenvalue weighted by Crippen LogP contribution is -2.53. The highest BCUT2D eigenvalue weighted by molar-refractivity contribution is 5.88. The quantitative estimate of drug-likeness (QED) is 0.333. The number of nitrogens with one attached hydrogen (secondary N) is 1. The molecule has 0 spiro atoms. The van der Waals surface area contributed by atoms with E-state index in [0.717, 1.165) is 59.1 Å². The summed E-state index contributed by atoms with van der Waals surface area (Å²) >= 11 is 0. The number of hydrogen-bond acceptors (Lipinski definition) is 3. The normalized spacial score (nSPS) is 14.5. The molecule has 0 aromatic heterocycles. The highest BCUT2D eigenvalue weighted by Gasteiger charge is 2.32. The van der Waals surface area contributed by atoms with Crippen molar-refractivity contribution in [3.63, 3.8) is 0 Å². The van der Waals surface area contributed by atoms with Crippen molar-refractivity contribution in [3.05, 3.63) is 100 Å². The first kappa shape index (κ1) is 28.4. The van der Waals surface area contributed by atoms with E-state index in [1.54, 1.807) is 4.90 Å². The van der Waals surface area contributed by atoms with Gasteiger partial charge < -0.3 is 15.0 Å². The van der Waals surface area contributed by atoms with Gasteiger partial charge in [-0.25, -0.2) is 0 Å². The Morgan fingerprint density at radius 2 is 1.56 bits per heavy atom. The minimum atomic E-state index is -0.646. The van der Waals surface area contributed by atoms with E-state index < -0.39 is 6.04 Å². The van der Waals surface area contributed by atoms with Gasteiger partial charge in [-0.2, -0.15) is 0 Å². The predicted molar refractivity (Wildman–Crippen MR) is 157 cm³/mol. The molecule has 0 heterocycles. The van der Waals surface area contributed by atoms with Gasteiger partial charge >= 0.3 is 0 Å². The summed E-state index contributed by atoms with van der Waals surface area (Å²) in [5, 5.41) is 3.29. The van der Waals surface area contributed by atoms with Crippen LogP contribution in [0.4, 0.5) is 0 Å². The molecule has 2 amide bonds. The predicted octanol–water partition coefficient (Wildman–Crippen LogP) is 6.39. The lowest BCUT2D eigenvalue weighted by molar-refractivity contribution is -0.143. The Balaban J connectivity index is 1.63. The lowest BCUT2D eigenvalue weighted by atomic mass is 9.94. The van der Waals surface area contributed by atoms with Gasteiger partial charge in [0.1, 0.15) is 11.8 Å². The Bertz CT molecular complexity index is 1250. The Labute approximate surface area is 233 Å². The van der Waals surface area contributed by atoms with Crippen molar-refractivity contribution in [2.24, 2.45) is 0 Å². The molecule has 1 atom stereocenters. The third-order valence-corrected chi connectivity index (χ3v) is 7.81. The van der Waals surface area contributed by atoms with Crippen LogP contribution in [0, 0.1) is 27.7 Å². The van der Waals surface area contributed by atoms with Gasteiger partial charge in [-0.1, -0.05) is 85.5 Å². The number of rotatable bonds is 10. The molecule has 206 valence electrons. The molecule has 3 aromatic rings. The SMILES string of the molecule is Cc1ccc(CN(C(=O)COc2cc(C)cc(C)c2C)[C@@H](Cc2ccccc2)C(=O)NC2CCCCC2)cc1. The van der Waals surface area contributed by atoms with Gasteiger partial charge in [-0.3, -0.25) is 9.59 Å². The van der Waals surface area contributed by atoms with E-state index in [9.17, 15) is 9.59 Å². The molecule has 0 saturated heterocycles. The van der Waals surface area contributed by atoms with Crippen LogP contribution in [-0.2, 0) is 22.6 Å². The average Bonchev–Trinajstić information content (AvgIpc) is 2.93. The summed E-state index contributed by atoms with van der Waals surface area (Å²) in [6, 6.07) is 21.7. The second kappa shape index (κ2) is 13.5. The molecule has 1 N–H and O–H groups in total. The minimum Gasteiger partial charge on any atom is -0.483 e. The van der Waals surface area contributed by atoms with Crippen molar-refractivity contribution >= 4 is 11.8 Å². The van der Waals surface area contributed by atoms with Gasteiger partial charge in [-0.15, -0.1) is 0 Å². The Hall–Kier alpha value is -3.60. The third kappa shape index (κ3) is 7.95. The molecule has 39 heavy (non-hydrogen) atoms. The maximum Gasteiger partial charge on any atom is 0.261 e. The largest absolute Gasteiger partial charge is 0.483 e. The summed E-state index contributed by atoms with van der Waals surface area (Å²) in [5.41, 5.74) is 6.40. The minimum absolute atomic E-state index is 0.0891. The Morgan fingerprint density at radius 1 is 0.872 bits per heavy atom. The summed E-state index contributed by atoms with van der Waals surface area (Å²) in [4.78, 5) is 29.5. The Morgan fingerprint density at radius 3 is 2.26 bits per heavy atom. The summed E-state index contributed by atoms with van der Waals surface area (Å²) in [6.07, 6.45) is 5.90. The monoisotopic (exact) mass is 526 g/mol. The van der Waals surface area contributed by atoms with Crippen LogP contribution in [0.5, 0.6) is 5.75 Å². The molecule has 0 radical (unpaired) electrons. The molecule has 5 nitrogen and oxygen atoms in total. The molecule has 1 saturated carbocycles. The van der Waals surface area contributed by atoms with Crippen LogP contribution < -0.4 is 10.1 Å². The van der Waals surface area contributed by atoms with E-state index >= 15 is 0 Å². The van der Waals surface area contributed by atoms with E-state index in [4.69, 9.17) is 4.74 Å². The first-order valence-corrected chi connectivity index (χ1v) is 14.2. The number of ether oxygens (including phenoxy) is 1. The van der Waals surface area contributed by atoms with Crippen molar-refractivity contribution in [1.29, 1.82) is 0 Å². The van der Waals surface area contributed by atoms with Crippen molar-refractivity contribution in [2.75, 3.05) is 6.61 Å². The number of carbonyl (C=O) groups excluding carboxylic acids is 2. The fourth-order valence-corrected chi connectivity index (χ4v) is 5.36. The highest BCUT2D eigenvalue weighted by Crippen LogP contribution is 2.24. The van der Waals surface area contributed by atoms with Crippen LogP contribution in [0.2, 0.25) is 0 Å².